The third-order valence-corrected chi connectivity index (χ3v) is 3.00. The molecule has 0 bridgehead atoms. The first kappa shape index (κ1) is 13.3. The number of benzene rings is 1. The van der Waals surface area contributed by atoms with Crippen LogP contribution in [0.5, 0.6) is 0 Å². The number of aromatic nitrogens is 1. The van der Waals surface area contributed by atoms with E-state index in [0.717, 1.165) is 6.42 Å². The lowest BCUT2D eigenvalue weighted by Crippen LogP contribution is -2.02. The Morgan fingerprint density at radius 2 is 1.89 bits per heavy atom. The van der Waals surface area contributed by atoms with Gasteiger partial charge in [-0.15, -0.1) is 0 Å². The number of oxazole rings is 1. The SMILES string of the molecule is Cc1ccc(CCc2nc(CC(=O)O)c(C)o2)cc1. The van der Waals surface area contributed by atoms with Gasteiger partial charge in [-0.2, -0.15) is 0 Å². The molecule has 2 aromatic rings. The van der Waals surface area contributed by atoms with E-state index in [1.165, 1.54) is 11.1 Å². The molecule has 0 radical (unpaired) electrons. The number of hydrogen-bond acceptors (Lipinski definition) is 3. The van der Waals surface area contributed by atoms with Crippen molar-refractivity contribution in [2.45, 2.75) is 33.1 Å². The van der Waals surface area contributed by atoms with Gasteiger partial charge in [-0.3, -0.25) is 4.79 Å². The van der Waals surface area contributed by atoms with Crippen LogP contribution in [0.4, 0.5) is 0 Å². The maximum absolute atomic E-state index is 10.7. The highest BCUT2D eigenvalue weighted by molar-refractivity contribution is 5.69. The van der Waals surface area contributed by atoms with Crippen LogP contribution in [0.1, 0.15) is 28.5 Å². The highest BCUT2D eigenvalue weighted by Gasteiger charge is 2.12. The van der Waals surface area contributed by atoms with Gasteiger partial charge in [0.25, 0.3) is 0 Å². The van der Waals surface area contributed by atoms with Crippen LogP contribution in [0.2, 0.25) is 0 Å². The van der Waals surface area contributed by atoms with E-state index in [1.54, 1.807) is 6.92 Å². The van der Waals surface area contributed by atoms with Crippen LogP contribution in [0.25, 0.3) is 0 Å². The van der Waals surface area contributed by atoms with Gasteiger partial charge in [-0.1, -0.05) is 29.8 Å². The number of nitrogens with zero attached hydrogens (tertiary/aromatic N) is 1. The van der Waals surface area contributed by atoms with Crippen LogP contribution >= 0.6 is 0 Å². The molecule has 0 aliphatic heterocycles. The van der Waals surface area contributed by atoms with Crippen molar-refractivity contribution in [1.29, 1.82) is 0 Å². The van der Waals surface area contributed by atoms with Gasteiger partial charge in [0.05, 0.1) is 12.1 Å². The van der Waals surface area contributed by atoms with Gasteiger partial charge in [0.1, 0.15) is 5.76 Å². The van der Waals surface area contributed by atoms with E-state index in [4.69, 9.17) is 9.52 Å². The van der Waals surface area contributed by atoms with E-state index in [1.807, 2.05) is 0 Å². The Morgan fingerprint density at radius 1 is 1.21 bits per heavy atom. The quantitative estimate of drug-likeness (QED) is 0.896. The molecule has 0 saturated carbocycles. The smallest absolute Gasteiger partial charge is 0.309 e. The van der Waals surface area contributed by atoms with Crippen LogP contribution in [-0.2, 0) is 24.1 Å². The standard InChI is InChI=1S/C15H17NO3/c1-10-3-5-12(6-4-10)7-8-14-16-13(9-15(17)18)11(2)19-14/h3-6H,7-9H2,1-2H3,(H,17,18). The van der Waals surface area contributed by atoms with Crippen molar-refractivity contribution in [3.05, 3.63) is 52.7 Å². The van der Waals surface area contributed by atoms with Crippen LogP contribution < -0.4 is 0 Å². The molecule has 1 aromatic heterocycles. The van der Waals surface area contributed by atoms with Crippen molar-refractivity contribution in [2.24, 2.45) is 0 Å². The molecule has 1 heterocycles. The first-order valence-corrected chi connectivity index (χ1v) is 6.27. The second-order valence-electron chi connectivity index (χ2n) is 4.67. The Kier molecular flexibility index (Phi) is 4.00. The highest BCUT2D eigenvalue weighted by Crippen LogP contribution is 2.13. The lowest BCUT2D eigenvalue weighted by molar-refractivity contribution is -0.136. The predicted octanol–water partition coefficient (Wildman–Crippen LogP) is 2.70. The van der Waals surface area contributed by atoms with Crippen molar-refractivity contribution in [2.75, 3.05) is 0 Å². The monoisotopic (exact) mass is 259 g/mol. The summed E-state index contributed by atoms with van der Waals surface area (Å²) >= 11 is 0. The summed E-state index contributed by atoms with van der Waals surface area (Å²) < 4.78 is 5.49. The van der Waals surface area contributed by atoms with E-state index in [0.29, 0.717) is 23.8 Å². The number of carbonyl (C=O) groups is 1. The van der Waals surface area contributed by atoms with Gasteiger partial charge < -0.3 is 9.52 Å². The fraction of sp³-hybridized carbons (Fsp3) is 0.333. The van der Waals surface area contributed by atoms with Gasteiger partial charge in [0.15, 0.2) is 5.89 Å². The fourth-order valence-corrected chi connectivity index (χ4v) is 1.91. The zero-order valence-corrected chi connectivity index (χ0v) is 11.1. The predicted molar refractivity (Wildman–Crippen MR) is 71.2 cm³/mol. The molecule has 0 saturated heterocycles. The molecule has 0 spiro atoms. The molecular weight excluding hydrogens is 242 g/mol. The second-order valence-corrected chi connectivity index (χ2v) is 4.67. The van der Waals surface area contributed by atoms with Crippen LogP contribution in [0.15, 0.2) is 28.7 Å². The van der Waals surface area contributed by atoms with Crippen molar-refractivity contribution in [3.8, 4) is 0 Å². The summed E-state index contributed by atoms with van der Waals surface area (Å²) in [6, 6.07) is 8.32. The van der Waals surface area contributed by atoms with Gasteiger partial charge in [-0.25, -0.2) is 4.98 Å². The normalized spacial score (nSPS) is 10.6. The third kappa shape index (κ3) is 3.68. The maximum Gasteiger partial charge on any atom is 0.309 e. The molecule has 0 aliphatic rings. The molecule has 0 amide bonds. The number of carboxylic acids is 1. The molecule has 1 N–H and O–H groups in total. The first-order chi connectivity index (χ1) is 9.04. The molecule has 0 fully saturated rings. The Balaban J connectivity index is 1.99. The summed E-state index contributed by atoms with van der Waals surface area (Å²) in [5.41, 5.74) is 2.98. The minimum absolute atomic E-state index is 0.0835. The average molecular weight is 259 g/mol. The fourth-order valence-electron chi connectivity index (χ4n) is 1.91. The Morgan fingerprint density at radius 3 is 2.53 bits per heavy atom. The van der Waals surface area contributed by atoms with E-state index in [2.05, 4.69) is 36.2 Å². The third-order valence-electron chi connectivity index (χ3n) is 3.00. The van der Waals surface area contributed by atoms with Gasteiger partial charge in [-0.05, 0) is 25.8 Å². The van der Waals surface area contributed by atoms with E-state index < -0.39 is 5.97 Å². The average Bonchev–Trinajstić information content (AvgIpc) is 2.69. The Hall–Kier alpha value is -2.10. The number of aryl methyl sites for hydroxylation is 4. The lowest BCUT2D eigenvalue weighted by atomic mass is 10.1. The summed E-state index contributed by atoms with van der Waals surface area (Å²) in [6.45, 7) is 3.81. The zero-order valence-electron chi connectivity index (χ0n) is 11.1. The number of carboxylic acid groups (broad SMARTS) is 1. The van der Waals surface area contributed by atoms with Crippen molar-refractivity contribution >= 4 is 5.97 Å². The minimum atomic E-state index is -0.888. The maximum atomic E-state index is 10.7. The van der Waals surface area contributed by atoms with Gasteiger partial charge >= 0.3 is 5.97 Å². The summed E-state index contributed by atoms with van der Waals surface area (Å²) in [6.07, 6.45) is 1.44. The van der Waals surface area contributed by atoms with Crippen molar-refractivity contribution in [1.82, 2.24) is 4.98 Å². The van der Waals surface area contributed by atoms with Crippen LogP contribution in [0.3, 0.4) is 0 Å². The first-order valence-electron chi connectivity index (χ1n) is 6.27. The van der Waals surface area contributed by atoms with Crippen LogP contribution in [0, 0.1) is 13.8 Å². The minimum Gasteiger partial charge on any atom is -0.481 e. The molecule has 0 aliphatic carbocycles. The van der Waals surface area contributed by atoms with Gasteiger partial charge in [0.2, 0.25) is 0 Å². The highest BCUT2D eigenvalue weighted by atomic mass is 16.4. The summed E-state index contributed by atoms with van der Waals surface area (Å²) in [7, 11) is 0. The summed E-state index contributed by atoms with van der Waals surface area (Å²) in [4.78, 5) is 14.9. The topological polar surface area (TPSA) is 63.3 Å². The number of rotatable bonds is 5. The molecule has 0 unspecified atom stereocenters. The molecule has 1 aromatic carbocycles. The molecule has 0 atom stereocenters. The van der Waals surface area contributed by atoms with E-state index >= 15 is 0 Å². The van der Waals surface area contributed by atoms with Crippen LogP contribution in [-0.4, -0.2) is 16.1 Å². The molecule has 19 heavy (non-hydrogen) atoms. The zero-order chi connectivity index (χ0) is 13.8. The molecule has 4 heteroatoms. The number of hydrogen-bond donors (Lipinski definition) is 1. The lowest BCUT2D eigenvalue weighted by Gasteiger charge is -1.99. The van der Waals surface area contributed by atoms with E-state index in [-0.39, 0.29) is 6.42 Å². The summed E-state index contributed by atoms with van der Waals surface area (Å²) in [5.74, 6) is 0.317. The number of aliphatic carboxylic acids is 1. The second kappa shape index (κ2) is 5.69. The Bertz CT molecular complexity index is 570. The largest absolute Gasteiger partial charge is 0.481 e. The van der Waals surface area contributed by atoms with Gasteiger partial charge in [0, 0.05) is 6.42 Å². The molecule has 100 valence electrons. The van der Waals surface area contributed by atoms with Crippen molar-refractivity contribution in [3.63, 3.8) is 0 Å². The molecule has 4 nitrogen and oxygen atoms in total. The van der Waals surface area contributed by atoms with Crippen molar-refractivity contribution < 1.29 is 14.3 Å². The summed E-state index contributed by atoms with van der Waals surface area (Å²) in [5, 5.41) is 8.75. The Labute approximate surface area is 112 Å². The molecule has 2 rings (SSSR count). The molecular formula is C15H17NO3. The van der Waals surface area contributed by atoms with E-state index in [9.17, 15) is 4.79 Å².